The molecule has 0 radical (unpaired) electrons. The van der Waals surface area contributed by atoms with E-state index in [2.05, 4.69) is 19.9 Å². The van der Waals surface area contributed by atoms with Gasteiger partial charge in [-0.2, -0.15) is 13.8 Å². The van der Waals surface area contributed by atoms with Crippen molar-refractivity contribution in [3.63, 3.8) is 0 Å². The van der Waals surface area contributed by atoms with E-state index in [1.54, 1.807) is 12.1 Å². The van der Waals surface area contributed by atoms with Crippen LogP contribution in [0.5, 0.6) is 0 Å². The predicted molar refractivity (Wildman–Crippen MR) is 90.3 cm³/mol. The van der Waals surface area contributed by atoms with Crippen molar-refractivity contribution < 1.29 is 22.0 Å². The Hall–Kier alpha value is -3.62. The molecule has 0 fully saturated rings. The van der Waals surface area contributed by atoms with Crippen LogP contribution in [0.3, 0.4) is 0 Å². The number of aromatic nitrogens is 4. The zero-order chi connectivity index (χ0) is 19.8. The van der Waals surface area contributed by atoms with Crippen LogP contribution in [-0.4, -0.2) is 19.9 Å². The molecule has 28 heavy (non-hydrogen) atoms. The van der Waals surface area contributed by atoms with Gasteiger partial charge in [-0.15, -0.1) is 0 Å². The van der Waals surface area contributed by atoms with E-state index in [1.807, 2.05) is 0 Å². The number of imidazole rings is 1. The second-order valence-electron chi connectivity index (χ2n) is 5.75. The fraction of sp³-hybridized carbons (Fsp3) is 0. The summed E-state index contributed by atoms with van der Waals surface area (Å²) in [5.41, 5.74) is 0.460. The summed E-state index contributed by atoms with van der Waals surface area (Å²) in [5, 5.41) is 0. The van der Waals surface area contributed by atoms with E-state index in [1.165, 1.54) is 36.7 Å². The third-order valence-electron chi connectivity index (χ3n) is 4.02. The van der Waals surface area contributed by atoms with E-state index in [0.29, 0.717) is 16.8 Å². The normalized spacial score (nSPS) is 11.0. The van der Waals surface area contributed by atoms with Crippen LogP contribution in [0, 0.1) is 29.3 Å². The Labute approximate surface area is 154 Å². The average molecular weight is 388 g/mol. The maximum atomic E-state index is 14.2. The van der Waals surface area contributed by atoms with Crippen LogP contribution in [0.4, 0.5) is 22.0 Å². The zero-order valence-corrected chi connectivity index (χ0v) is 13.9. The standard InChI is InChI=1S/C19H9F5N4/c20-11-3-1-9(2-4-11)15-16(10-5-7-25-8-6-10)27-19(26-15)12-13(21)17(23)28-18(24)14(12)22/h1-8H,(H,26,27). The summed E-state index contributed by atoms with van der Waals surface area (Å²) in [6.07, 6.45) is 2.97. The van der Waals surface area contributed by atoms with Gasteiger partial charge in [-0.25, -0.2) is 18.2 Å². The van der Waals surface area contributed by atoms with E-state index in [4.69, 9.17) is 0 Å². The second-order valence-corrected chi connectivity index (χ2v) is 5.75. The van der Waals surface area contributed by atoms with Gasteiger partial charge < -0.3 is 4.98 Å². The molecule has 0 aliphatic carbocycles. The minimum Gasteiger partial charge on any atom is -0.337 e. The topological polar surface area (TPSA) is 54.5 Å². The number of hydrogen-bond donors (Lipinski definition) is 1. The quantitative estimate of drug-likeness (QED) is 0.401. The molecule has 0 unspecified atom stereocenters. The van der Waals surface area contributed by atoms with Crippen LogP contribution >= 0.6 is 0 Å². The molecule has 4 nitrogen and oxygen atoms in total. The van der Waals surface area contributed by atoms with Gasteiger partial charge in [-0.3, -0.25) is 4.98 Å². The van der Waals surface area contributed by atoms with E-state index in [9.17, 15) is 22.0 Å². The van der Waals surface area contributed by atoms with Crippen LogP contribution in [0.25, 0.3) is 33.9 Å². The number of nitrogens with one attached hydrogen (secondary N) is 1. The summed E-state index contributed by atoms with van der Waals surface area (Å²) < 4.78 is 68.6. The Kier molecular flexibility index (Phi) is 4.34. The number of H-pyrrole nitrogens is 1. The molecule has 9 heteroatoms. The molecule has 0 saturated carbocycles. The van der Waals surface area contributed by atoms with Gasteiger partial charge in [-0.05, 0) is 36.4 Å². The monoisotopic (exact) mass is 388 g/mol. The highest BCUT2D eigenvalue weighted by atomic mass is 19.2. The van der Waals surface area contributed by atoms with Gasteiger partial charge in [0.2, 0.25) is 0 Å². The lowest BCUT2D eigenvalue weighted by atomic mass is 10.1. The molecule has 0 amide bonds. The molecule has 1 N–H and O–H groups in total. The van der Waals surface area contributed by atoms with Crippen molar-refractivity contribution in [2.75, 3.05) is 0 Å². The Balaban J connectivity index is 1.98. The fourth-order valence-electron chi connectivity index (χ4n) is 2.73. The molecular weight excluding hydrogens is 379 g/mol. The van der Waals surface area contributed by atoms with Crippen molar-refractivity contribution in [1.29, 1.82) is 0 Å². The minimum absolute atomic E-state index is 0.206. The van der Waals surface area contributed by atoms with Crippen molar-refractivity contribution in [3.05, 3.63) is 78.1 Å². The van der Waals surface area contributed by atoms with Gasteiger partial charge in [-0.1, -0.05) is 0 Å². The Morgan fingerprint density at radius 1 is 0.679 bits per heavy atom. The molecule has 0 bridgehead atoms. The van der Waals surface area contributed by atoms with Crippen molar-refractivity contribution in [2.24, 2.45) is 0 Å². The summed E-state index contributed by atoms with van der Waals surface area (Å²) in [6.45, 7) is 0. The van der Waals surface area contributed by atoms with Gasteiger partial charge in [0.1, 0.15) is 11.6 Å². The lowest BCUT2D eigenvalue weighted by molar-refractivity contribution is 0.410. The second kappa shape index (κ2) is 6.84. The smallest absolute Gasteiger partial charge is 0.252 e. The molecule has 4 aromatic rings. The summed E-state index contributed by atoms with van der Waals surface area (Å²) >= 11 is 0. The van der Waals surface area contributed by atoms with Crippen LogP contribution in [0.15, 0.2) is 48.8 Å². The van der Waals surface area contributed by atoms with Crippen LogP contribution in [-0.2, 0) is 0 Å². The van der Waals surface area contributed by atoms with Crippen molar-refractivity contribution in [1.82, 2.24) is 19.9 Å². The molecular formula is C19H9F5N4. The Morgan fingerprint density at radius 3 is 1.89 bits per heavy atom. The summed E-state index contributed by atoms with van der Waals surface area (Å²) in [6, 6.07) is 8.41. The van der Waals surface area contributed by atoms with Gasteiger partial charge >= 0.3 is 0 Å². The van der Waals surface area contributed by atoms with Crippen LogP contribution in [0.2, 0.25) is 0 Å². The maximum absolute atomic E-state index is 14.2. The highest BCUT2D eigenvalue weighted by Gasteiger charge is 2.26. The number of nitrogens with zero attached hydrogens (tertiary/aromatic N) is 3. The van der Waals surface area contributed by atoms with E-state index in [0.717, 1.165) is 0 Å². The molecule has 0 atom stereocenters. The fourth-order valence-corrected chi connectivity index (χ4v) is 2.73. The van der Waals surface area contributed by atoms with Gasteiger partial charge in [0, 0.05) is 23.5 Å². The molecule has 140 valence electrons. The number of hydrogen-bond acceptors (Lipinski definition) is 3. The summed E-state index contributed by atoms with van der Waals surface area (Å²) in [7, 11) is 0. The zero-order valence-electron chi connectivity index (χ0n) is 13.9. The minimum atomic E-state index is -1.79. The molecule has 3 heterocycles. The maximum Gasteiger partial charge on any atom is 0.252 e. The third kappa shape index (κ3) is 3.00. The largest absolute Gasteiger partial charge is 0.337 e. The molecule has 1 aromatic carbocycles. The summed E-state index contributed by atoms with van der Waals surface area (Å²) in [4.78, 5) is 13.2. The van der Waals surface area contributed by atoms with Gasteiger partial charge in [0.05, 0.1) is 17.0 Å². The molecule has 0 saturated heterocycles. The van der Waals surface area contributed by atoms with Gasteiger partial charge in [0.25, 0.3) is 11.9 Å². The lowest BCUT2D eigenvalue weighted by Gasteiger charge is -2.03. The third-order valence-corrected chi connectivity index (χ3v) is 4.02. The summed E-state index contributed by atoms with van der Waals surface area (Å²) in [5.74, 6) is -7.88. The van der Waals surface area contributed by atoms with Crippen molar-refractivity contribution >= 4 is 0 Å². The first-order valence-electron chi connectivity index (χ1n) is 7.92. The molecule has 4 rings (SSSR count). The first-order chi connectivity index (χ1) is 13.5. The number of aromatic amines is 1. The number of rotatable bonds is 3. The van der Waals surface area contributed by atoms with E-state index >= 15 is 0 Å². The number of pyridine rings is 2. The van der Waals surface area contributed by atoms with Crippen LogP contribution < -0.4 is 0 Å². The molecule has 0 spiro atoms. The Morgan fingerprint density at radius 2 is 1.29 bits per heavy atom. The van der Waals surface area contributed by atoms with E-state index < -0.39 is 40.7 Å². The average Bonchev–Trinajstić information content (AvgIpc) is 3.13. The lowest BCUT2D eigenvalue weighted by Crippen LogP contribution is -2.03. The highest BCUT2D eigenvalue weighted by molar-refractivity contribution is 5.81. The molecule has 3 aromatic heterocycles. The predicted octanol–water partition coefficient (Wildman–Crippen LogP) is 4.90. The first-order valence-corrected chi connectivity index (χ1v) is 7.92. The van der Waals surface area contributed by atoms with Crippen LogP contribution in [0.1, 0.15) is 0 Å². The number of benzene rings is 1. The SMILES string of the molecule is Fc1ccc(-c2nc(-c3c(F)c(F)nc(F)c3F)[nH]c2-c2ccncc2)cc1. The number of halogens is 5. The highest BCUT2D eigenvalue weighted by Crippen LogP contribution is 2.35. The van der Waals surface area contributed by atoms with Crippen molar-refractivity contribution in [3.8, 4) is 33.9 Å². The van der Waals surface area contributed by atoms with Gasteiger partial charge in [0.15, 0.2) is 11.6 Å². The van der Waals surface area contributed by atoms with Crippen molar-refractivity contribution in [2.45, 2.75) is 0 Å². The van der Waals surface area contributed by atoms with E-state index in [-0.39, 0.29) is 5.69 Å². The Bertz CT molecular complexity index is 1130. The molecule has 0 aliphatic heterocycles. The molecule has 0 aliphatic rings. The first kappa shape index (κ1) is 17.8.